The van der Waals surface area contributed by atoms with Crippen LogP contribution in [-0.2, 0) is 17.1 Å². The van der Waals surface area contributed by atoms with Crippen LogP contribution in [0.3, 0.4) is 0 Å². The van der Waals surface area contributed by atoms with Crippen molar-refractivity contribution < 1.29 is 40.7 Å². The van der Waals surface area contributed by atoms with Crippen molar-refractivity contribution in [2.75, 3.05) is 13.1 Å². The Bertz CT molecular complexity index is 1250. The molecule has 1 saturated carbocycles. The summed E-state index contributed by atoms with van der Waals surface area (Å²) in [4.78, 5) is 40.0. The second-order valence-electron chi connectivity index (χ2n) is 10.7. The summed E-state index contributed by atoms with van der Waals surface area (Å²) in [5, 5.41) is 6.06. The number of rotatable bonds is 5. The van der Waals surface area contributed by atoms with Gasteiger partial charge in [0, 0.05) is 42.2 Å². The number of piperidine rings is 1. The highest BCUT2D eigenvalue weighted by Gasteiger charge is 2.39. The molecule has 2 aromatic carbocycles. The van der Waals surface area contributed by atoms with Crippen LogP contribution in [0.2, 0.25) is 0 Å². The van der Waals surface area contributed by atoms with E-state index in [1.165, 1.54) is 4.90 Å². The fraction of sp³-hybridized carbons (Fsp3) is 0.483. The molecule has 12 heteroatoms. The number of carbonyl (C=O) groups is 3. The molecule has 3 amide bonds. The van der Waals surface area contributed by atoms with Gasteiger partial charge in [-0.2, -0.15) is 26.3 Å². The number of alkyl halides is 6. The predicted octanol–water partition coefficient (Wildman–Crippen LogP) is 5.74. The van der Waals surface area contributed by atoms with E-state index >= 15 is 0 Å². The molecular formula is C29H31F6N3O3. The Morgan fingerprint density at radius 3 is 1.85 bits per heavy atom. The Kier molecular flexibility index (Phi) is 8.98. The number of aryl methyl sites for hydroxylation is 1. The van der Waals surface area contributed by atoms with Gasteiger partial charge in [0.2, 0.25) is 5.91 Å². The largest absolute Gasteiger partial charge is 0.416 e. The number of amides is 3. The molecule has 4 rings (SSSR count). The second kappa shape index (κ2) is 12.1. The molecule has 2 N–H and O–H groups in total. The van der Waals surface area contributed by atoms with Crippen molar-refractivity contribution in [3.05, 3.63) is 70.3 Å². The zero-order valence-corrected chi connectivity index (χ0v) is 22.4. The zero-order valence-electron chi connectivity index (χ0n) is 22.4. The number of nitrogens with one attached hydrogen (secondary N) is 2. The summed E-state index contributed by atoms with van der Waals surface area (Å²) in [6, 6.07) is 7.48. The van der Waals surface area contributed by atoms with Crippen LogP contribution in [0.25, 0.3) is 0 Å². The molecule has 2 aliphatic rings. The number of carbonyl (C=O) groups excluding carboxylic acids is 3. The summed E-state index contributed by atoms with van der Waals surface area (Å²) in [6.07, 6.45) is -6.55. The Morgan fingerprint density at radius 2 is 1.32 bits per heavy atom. The number of hydrogen-bond donors (Lipinski definition) is 2. The van der Waals surface area contributed by atoms with Gasteiger partial charge >= 0.3 is 12.4 Å². The SMILES string of the molecule is Cc1ccccc1C(=O)N[C@@H]1CCCC[C@H]1NC(=O)C1CCN(C(=O)c2cc(C(F)(F)F)cc(C(F)(F)F)c2)CC1. The minimum absolute atomic E-state index is 0.00658. The summed E-state index contributed by atoms with van der Waals surface area (Å²) >= 11 is 0. The highest BCUT2D eigenvalue weighted by molar-refractivity contribution is 5.96. The van der Waals surface area contributed by atoms with Gasteiger partial charge in [-0.15, -0.1) is 0 Å². The third kappa shape index (κ3) is 7.39. The summed E-state index contributed by atoms with van der Waals surface area (Å²) in [5.74, 6) is -1.91. The molecule has 1 aliphatic carbocycles. The predicted molar refractivity (Wildman–Crippen MR) is 138 cm³/mol. The van der Waals surface area contributed by atoms with Gasteiger partial charge in [0.1, 0.15) is 0 Å². The number of hydrogen-bond acceptors (Lipinski definition) is 3. The molecule has 0 aromatic heterocycles. The molecule has 2 atom stereocenters. The first-order valence-corrected chi connectivity index (χ1v) is 13.5. The molecule has 0 radical (unpaired) electrons. The summed E-state index contributed by atoms with van der Waals surface area (Å²) in [5.41, 5.74) is -2.42. The fourth-order valence-electron chi connectivity index (χ4n) is 5.46. The Hall–Kier alpha value is -3.57. The highest BCUT2D eigenvalue weighted by atomic mass is 19.4. The van der Waals surface area contributed by atoms with Gasteiger partial charge in [-0.1, -0.05) is 31.0 Å². The quantitative estimate of drug-likeness (QED) is 0.441. The third-order valence-corrected chi connectivity index (χ3v) is 7.79. The van der Waals surface area contributed by atoms with E-state index in [1.54, 1.807) is 12.1 Å². The first-order valence-electron chi connectivity index (χ1n) is 13.5. The first kappa shape index (κ1) is 30.4. The monoisotopic (exact) mass is 583 g/mol. The maximum Gasteiger partial charge on any atom is 0.416 e. The third-order valence-electron chi connectivity index (χ3n) is 7.79. The maximum absolute atomic E-state index is 13.2. The Morgan fingerprint density at radius 1 is 0.780 bits per heavy atom. The van der Waals surface area contributed by atoms with E-state index < -0.39 is 40.9 Å². The molecule has 0 spiro atoms. The molecule has 1 saturated heterocycles. The lowest BCUT2D eigenvalue weighted by atomic mass is 9.88. The van der Waals surface area contributed by atoms with Crippen molar-refractivity contribution in [3.8, 4) is 0 Å². The lowest BCUT2D eigenvalue weighted by molar-refractivity contribution is -0.143. The van der Waals surface area contributed by atoms with Gasteiger partial charge in [-0.3, -0.25) is 14.4 Å². The smallest absolute Gasteiger partial charge is 0.351 e. The lowest BCUT2D eigenvalue weighted by Gasteiger charge is -2.36. The molecular weight excluding hydrogens is 552 g/mol. The van der Waals surface area contributed by atoms with Crippen LogP contribution < -0.4 is 10.6 Å². The van der Waals surface area contributed by atoms with Crippen molar-refractivity contribution in [1.82, 2.24) is 15.5 Å². The van der Waals surface area contributed by atoms with Gasteiger partial charge in [0.15, 0.2) is 0 Å². The molecule has 41 heavy (non-hydrogen) atoms. The zero-order chi connectivity index (χ0) is 29.9. The van der Waals surface area contributed by atoms with Gasteiger partial charge in [0.25, 0.3) is 11.8 Å². The van der Waals surface area contributed by atoms with Crippen molar-refractivity contribution >= 4 is 17.7 Å². The average molecular weight is 584 g/mol. The van der Waals surface area contributed by atoms with Crippen LogP contribution in [0.15, 0.2) is 42.5 Å². The molecule has 0 unspecified atom stereocenters. The maximum atomic E-state index is 13.2. The number of benzene rings is 2. The number of nitrogens with zero attached hydrogens (tertiary/aromatic N) is 1. The molecule has 0 bridgehead atoms. The van der Waals surface area contributed by atoms with Gasteiger partial charge in [-0.05, 0) is 62.4 Å². The lowest BCUT2D eigenvalue weighted by Crippen LogP contribution is -2.55. The van der Waals surface area contributed by atoms with Gasteiger partial charge in [-0.25, -0.2) is 0 Å². The summed E-state index contributed by atoms with van der Waals surface area (Å²) in [6.45, 7) is 1.85. The molecule has 1 heterocycles. The average Bonchev–Trinajstić information content (AvgIpc) is 2.92. The van der Waals surface area contributed by atoms with E-state index in [9.17, 15) is 40.7 Å². The number of likely N-dealkylation sites (tertiary alicyclic amines) is 1. The van der Waals surface area contributed by atoms with Crippen molar-refractivity contribution in [2.45, 2.75) is 69.9 Å². The van der Waals surface area contributed by atoms with Crippen LogP contribution in [0.4, 0.5) is 26.3 Å². The normalized spacial score (nSPS) is 20.4. The van der Waals surface area contributed by atoms with Crippen molar-refractivity contribution in [2.24, 2.45) is 5.92 Å². The molecule has 2 aromatic rings. The summed E-state index contributed by atoms with van der Waals surface area (Å²) < 4.78 is 79.3. The van der Waals surface area contributed by atoms with E-state index in [2.05, 4.69) is 10.6 Å². The molecule has 1 aliphatic heterocycles. The van der Waals surface area contributed by atoms with Gasteiger partial charge < -0.3 is 15.5 Å². The fourth-order valence-corrected chi connectivity index (χ4v) is 5.46. The second-order valence-corrected chi connectivity index (χ2v) is 10.7. The van der Waals surface area contributed by atoms with Crippen LogP contribution in [0.5, 0.6) is 0 Å². The van der Waals surface area contributed by atoms with Crippen LogP contribution >= 0.6 is 0 Å². The minimum atomic E-state index is -5.06. The van der Waals surface area contributed by atoms with E-state index in [0.717, 1.165) is 18.4 Å². The van der Waals surface area contributed by atoms with E-state index in [0.29, 0.717) is 30.5 Å². The molecule has 6 nitrogen and oxygen atoms in total. The van der Waals surface area contributed by atoms with Crippen LogP contribution in [-0.4, -0.2) is 47.8 Å². The first-order chi connectivity index (χ1) is 19.2. The minimum Gasteiger partial charge on any atom is -0.351 e. The van der Waals surface area contributed by atoms with Crippen molar-refractivity contribution in [1.29, 1.82) is 0 Å². The Labute approximate surface area is 233 Å². The molecule has 222 valence electrons. The van der Waals surface area contributed by atoms with E-state index in [-0.39, 0.29) is 55.9 Å². The van der Waals surface area contributed by atoms with E-state index in [1.807, 2.05) is 19.1 Å². The van der Waals surface area contributed by atoms with Crippen molar-refractivity contribution in [3.63, 3.8) is 0 Å². The summed E-state index contributed by atoms with van der Waals surface area (Å²) in [7, 11) is 0. The topological polar surface area (TPSA) is 78.5 Å². The Balaban J connectivity index is 1.37. The van der Waals surface area contributed by atoms with Crippen LogP contribution in [0, 0.1) is 12.8 Å². The number of halogens is 6. The van der Waals surface area contributed by atoms with Crippen LogP contribution in [0.1, 0.15) is 75.9 Å². The highest BCUT2D eigenvalue weighted by Crippen LogP contribution is 2.37. The van der Waals surface area contributed by atoms with Gasteiger partial charge in [0.05, 0.1) is 11.1 Å². The van der Waals surface area contributed by atoms with E-state index in [4.69, 9.17) is 0 Å². The standard InChI is InChI=1S/C29H31F6N3O3/c1-17-6-2-3-7-22(17)26(40)37-24-9-5-4-8-23(24)36-25(39)18-10-12-38(13-11-18)27(41)19-14-20(28(30,31)32)16-21(15-19)29(33,34)35/h2-3,6-7,14-16,18,23-24H,4-5,8-13H2,1H3,(H,36,39)(H,37,40)/t23-,24-/m1/s1. The molecule has 2 fully saturated rings.